The predicted molar refractivity (Wildman–Crippen MR) is 115 cm³/mol. The minimum Gasteiger partial charge on any atom is -0.322 e. The number of aromatic nitrogens is 2. The Kier molecular flexibility index (Phi) is 5.87. The molecule has 2 heterocycles. The Balaban J connectivity index is 1.63. The summed E-state index contributed by atoms with van der Waals surface area (Å²) < 4.78 is 42.1. The standard InChI is InChI=1S/C21H15Cl2F3N4O2/c22-12-3-6-14(7-4-12)30-19(21(24,25)26)15(11-27-30)20(32)28-13-5-8-17(16(23)10-13)29-9-1-2-18(29)31/h3-8,10-11H,1-2,9H2,(H,28,32). The quantitative estimate of drug-likeness (QED) is 0.527. The fraction of sp³-hybridized carbons (Fsp3) is 0.190. The lowest BCUT2D eigenvalue weighted by atomic mass is 10.2. The number of anilines is 2. The average Bonchev–Trinajstić information content (AvgIpc) is 3.35. The molecule has 2 aromatic carbocycles. The molecule has 32 heavy (non-hydrogen) atoms. The number of benzene rings is 2. The van der Waals surface area contributed by atoms with Crippen molar-refractivity contribution in [2.24, 2.45) is 0 Å². The molecule has 0 atom stereocenters. The van der Waals surface area contributed by atoms with Crippen LogP contribution in [-0.4, -0.2) is 28.1 Å². The number of carbonyl (C=O) groups excluding carboxylic acids is 2. The molecule has 2 amide bonds. The molecule has 166 valence electrons. The van der Waals surface area contributed by atoms with Crippen molar-refractivity contribution in [2.75, 3.05) is 16.8 Å². The molecule has 1 aliphatic rings. The summed E-state index contributed by atoms with van der Waals surface area (Å²) in [5.74, 6) is -1.06. The minimum atomic E-state index is -4.85. The third kappa shape index (κ3) is 4.31. The minimum absolute atomic E-state index is 0.0619. The van der Waals surface area contributed by atoms with Crippen LogP contribution in [0.4, 0.5) is 24.5 Å². The van der Waals surface area contributed by atoms with Gasteiger partial charge in [-0.15, -0.1) is 0 Å². The van der Waals surface area contributed by atoms with E-state index < -0.39 is 23.3 Å². The Morgan fingerprint density at radius 1 is 1.09 bits per heavy atom. The molecule has 4 rings (SSSR count). The Bertz CT molecular complexity index is 1190. The fourth-order valence-corrected chi connectivity index (χ4v) is 3.88. The molecular weight excluding hydrogens is 468 g/mol. The monoisotopic (exact) mass is 482 g/mol. The number of alkyl halides is 3. The molecule has 0 aliphatic carbocycles. The van der Waals surface area contributed by atoms with Crippen LogP contribution in [-0.2, 0) is 11.0 Å². The summed E-state index contributed by atoms with van der Waals surface area (Å²) in [6.45, 7) is 0.531. The summed E-state index contributed by atoms with van der Waals surface area (Å²) in [5.41, 5.74) is -1.10. The Labute approximate surface area is 190 Å². The third-order valence-corrected chi connectivity index (χ3v) is 5.48. The molecule has 0 unspecified atom stereocenters. The van der Waals surface area contributed by atoms with E-state index in [-0.39, 0.29) is 22.3 Å². The van der Waals surface area contributed by atoms with Crippen LogP contribution in [0, 0.1) is 0 Å². The van der Waals surface area contributed by atoms with Gasteiger partial charge in [0.15, 0.2) is 5.69 Å². The maximum atomic E-state index is 13.8. The first-order chi connectivity index (χ1) is 15.1. The van der Waals surface area contributed by atoms with Crippen LogP contribution in [0.3, 0.4) is 0 Å². The maximum absolute atomic E-state index is 13.8. The van der Waals surface area contributed by atoms with Crippen molar-refractivity contribution in [2.45, 2.75) is 19.0 Å². The summed E-state index contributed by atoms with van der Waals surface area (Å²) in [6.07, 6.45) is -2.86. The first-order valence-electron chi connectivity index (χ1n) is 9.47. The second kappa shape index (κ2) is 8.48. The van der Waals surface area contributed by atoms with Crippen molar-refractivity contribution in [1.82, 2.24) is 9.78 Å². The van der Waals surface area contributed by atoms with Crippen LogP contribution in [0.1, 0.15) is 28.9 Å². The summed E-state index contributed by atoms with van der Waals surface area (Å²) >= 11 is 12.1. The highest BCUT2D eigenvalue weighted by Gasteiger charge is 2.40. The van der Waals surface area contributed by atoms with E-state index in [0.717, 1.165) is 6.20 Å². The van der Waals surface area contributed by atoms with Gasteiger partial charge in [-0.25, -0.2) is 4.68 Å². The van der Waals surface area contributed by atoms with Gasteiger partial charge < -0.3 is 10.2 Å². The van der Waals surface area contributed by atoms with Crippen molar-refractivity contribution in [1.29, 1.82) is 0 Å². The first-order valence-corrected chi connectivity index (χ1v) is 10.2. The molecular formula is C21H15Cl2F3N4O2. The molecule has 1 saturated heterocycles. The number of nitrogens with one attached hydrogen (secondary N) is 1. The van der Waals surface area contributed by atoms with Gasteiger partial charge in [-0.1, -0.05) is 23.2 Å². The number of hydrogen-bond donors (Lipinski definition) is 1. The van der Waals surface area contributed by atoms with Crippen LogP contribution in [0.15, 0.2) is 48.7 Å². The second-order valence-corrected chi connectivity index (χ2v) is 7.91. The van der Waals surface area contributed by atoms with Crippen LogP contribution in [0.5, 0.6) is 0 Å². The molecule has 0 radical (unpaired) electrons. The topological polar surface area (TPSA) is 67.2 Å². The average molecular weight is 483 g/mol. The number of carbonyl (C=O) groups is 2. The van der Waals surface area contributed by atoms with Crippen molar-refractivity contribution >= 4 is 46.4 Å². The first kappa shape index (κ1) is 22.2. The lowest BCUT2D eigenvalue weighted by Gasteiger charge is -2.18. The van der Waals surface area contributed by atoms with E-state index in [4.69, 9.17) is 23.2 Å². The molecule has 6 nitrogen and oxygen atoms in total. The summed E-state index contributed by atoms with van der Waals surface area (Å²) in [7, 11) is 0. The van der Waals surface area contributed by atoms with Crippen molar-refractivity contribution in [3.63, 3.8) is 0 Å². The third-order valence-electron chi connectivity index (χ3n) is 4.92. The zero-order valence-electron chi connectivity index (χ0n) is 16.3. The molecule has 1 N–H and O–H groups in total. The molecule has 1 aromatic heterocycles. The molecule has 1 aliphatic heterocycles. The van der Waals surface area contributed by atoms with E-state index in [1.165, 1.54) is 41.3 Å². The summed E-state index contributed by atoms with van der Waals surface area (Å²) in [5, 5.41) is 6.72. The number of halogens is 5. The molecule has 11 heteroatoms. The maximum Gasteiger partial charge on any atom is 0.434 e. The van der Waals surface area contributed by atoms with Gasteiger partial charge in [0.1, 0.15) is 0 Å². The lowest BCUT2D eigenvalue weighted by molar-refractivity contribution is -0.143. The molecule has 3 aromatic rings. The van der Waals surface area contributed by atoms with Gasteiger partial charge >= 0.3 is 6.18 Å². The van der Waals surface area contributed by atoms with Crippen LogP contribution in [0.25, 0.3) is 5.69 Å². The fourth-order valence-electron chi connectivity index (χ4n) is 3.47. The number of amides is 2. The Morgan fingerprint density at radius 2 is 1.81 bits per heavy atom. The lowest BCUT2D eigenvalue weighted by Crippen LogP contribution is -2.24. The molecule has 0 bridgehead atoms. The predicted octanol–water partition coefficient (Wildman–Crippen LogP) is 5.58. The van der Waals surface area contributed by atoms with Gasteiger partial charge in [-0.05, 0) is 48.9 Å². The highest BCUT2D eigenvalue weighted by atomic mass is 35.5. The van der Waals surface area contributed by atoms with Gasteiger partial charge in [0, 0.05) is 23.7 Å². The largest absolute Gasteiger partial charge is 0.434 e. The highest BCUT2D eigenvalue weighted by molar-refractivity contribution is 6.34. The molecule has 0 saturated carbocycles. The Hall–Kier alpha value is -3.04. The normalized spacial score (nSPS) is 14.2. The van der Waals surface area contributed by atoms with Crippen molar-refractivity contribution in [3.05, 3.63) is 70.0 Å². The van der Waals surface area contributed by atoms with E-state index in [1.807, 2.05) is 0 Å². The SMILES string of the molecule is O=C(Nc1ccc(N2CCCC2=O)c(Cl)c1)c1cnn(-c2ccc(Cl)cc2)c1C(F)(F)F. The van der Waals surface area contributed by atoms with Crippen LogP contribution >= 0.6 is 23.2 Å². The van der Waals surface area contributed by atoms with Crippen molar-refractivity contribution in [3.8, 4) is 5.69 Å². The highest BCUT2D eigenvalue weighted by Crippen LogP contribution is 2.35. The zero-order chi connectivity index (χ0) is 23.0. The van der Waals surface area contributed by atoms with Crippen LogP contribution < -0.4 is 10.2 Å². The van der Waals surface area contributed by atoms with E-state index in [0.29, 0.717) is 34.8 Å². The van der Waals surface area contributed by atoms with Gasteiger partial charge in [0.25, 0.3) is 5.91 Å². The molecule has 1 fully saturated rings. The van der Waals surface area contributed by atoms with E-state index >= 15 is 0 Å². The van der Waals surface area contributed by atoms with E-state index in [1.54, 1.807) is 6.07 Å². The number of hydrogen-bond acceptors (Lipinski definition) is 3. The Morgan fingerprint density at radius 3 is 2.41 bits per heavy atom. The zero-order valence-corrected chi connectivity index (χ0v) is 17.8. The van der Waals surface area contributed by atoms with Crippen LogP contribution in [0.2, 0.25) is 10.0 Å². The number of nitrogens with zero attached hydrogens (tertiary/aromatic N) is 3. The number of rotatable bonds is 4. The van der Waals surface area contributed by atoms with E-state index in [2.05, 4.69) is 10.4 Å². The van der Waals surface area contributed by atoms with Crippen molar-refractivity contribution < 1.29 is 22.8 Å². The second-order valence-electron chi connectivity index (χ2n) is 7.06. The van der Waals surface area contributed by atoms with Gasteiger partial charge in [-0.3, -0.25) is 9.59 Å². The van der Waals surface area contributed by atoms with E-state index in [9.17, 15) is 22.8 Å². The summed E-state index contributed by atoms with van der Waals surface area (Å²) in [6, 6.07) is 9.98. The van der Waals surface area contributed by atoms with Gasteiger partial charge in [-0.2, -0.15) is 18.3 Å². The molecule has 0 spiro atoms. The van der Waals surface area contributed by atoms with Gasteiger partial charge in [0.05, 0.1) is 28.2 Å². The summed E-state index contributed by atoms with van der Waals surface area (Å²) in [4.78, 5) is 26.1. The van der Waals surface area contributed by atoms with Gasteiger partial charge in [0.2, 0.25) is 5.91 Å². The smallest absolute Gasteiger partial charge is 0.322 e.